The van der Waals surface area contributed by atoms with E-state index < -0.39 is 6.23 Å². The van der Waals surface area contributed by atoms with Crippen LogP contribution < -0.4 is 5.73 Å². The van der Waals surface area contributed by atoms with Gasteiger partial charge in [0.05, 0.1) is 0 Å². The molecular formula is C10H15N3O. The first kappa shape index (κ1) is 10.7. The molecule has 1 heterocycles. The van der Waals surface area contributed by atoms with Gasteiger partial charge < -0.3 is 15.7 Å². The predicted octanol–water partition coefficient (Wildman–Crippen LogP) is 0.929. The standard InChI is InChI=1S/C10H15N3O/c1-4-13-8(3)5-7(2)12-10(13)6-9(11)14/h4-6,9,14H,1,11H2,2-3H3/b10-6+. The Kier molecular flexibility index (Phi) is 3.22. The fraction of sp³-hybridized carbons (Fsp3) is 0.300. The van der Waals surface area contributed by atoms with Crippen molar-refractivity contribution < 1.29 is 5.11 Å². The molecule has 0 saturated heterocycles. The van der Waals surface area contributed by atoms with Gasteiger partial charge >= 0.3 is 0 Å². The molecule has 76 valence electrons. The zero-order valence-corrected chi connectivity index (χ0v) is 8.44. The summed E-state index contributed by atoms with van der Waals surface area (Å²) < 4.78 is 0. The third-order valence-corrected chi connectivity index (χ3v) is 1.84. The summed E-state index contributed by atoms with van der Waals surface area (Å²) in [6.45, 7) is 7.50. The van der Waals surface area contributed by atoms with Crippen molar-refractivity contribution in [3.8, 4) is 0 Å². The Morgan fingerprint density at radius 1 is 1.64 bits per heavy atom. The minimum Gasteiger partial charge on any atom is -0.375 e. The molecule has 0 saturated carbocycles. The van der Waals surface area contributed by atoms with Crippen molar-refractivity contribution in [1.82, 2.24) is 4.90 Å². The van der Waals surface area contributed by atoms with Gasteiger partial charge in [0.1, 0.15) is 12.0 Å². The van der Waals surface area contributed by atoms with Gasteiger partial charge in [0.2, 0.25) is 0 Å². The van der Waals surface area contributed by atoms with Gasteiger partial charge in [0, 0.05) is 23.7 Å². The van der Waals surface area contributed by atoms with E-state index >= 15 is 0 Å². The van der Waals surface area contributed by atoms with Gasteiger partial charge in [-0.1, -0.05) is 6.58 Å². The maximum atomic E-state index is 9.04. The first-order chi connectivity index (χ1) is 6.54. The minimum atomic E-state index is -1.00. The highest BCUT2D eigenvalue weighted by Gasteiger charge is 2.13. The van der Waals surface area contributed by atoms with Crippen LogP contribution in [0.15, 0.2) is 41.4 Å². The summed E-state index contributed by atoms with van der Waals surface area (Å²) in [5.41, 5.74) is 7.14. The van der Waals surface area contributed by atoms with E-state index in [0.29, 0.717) is 5.82 Å². The molecule has 1 rings (SSSR count). The SMILES string of the molecule is C=CN1C(C)=CC(C)=N/C1=C\C(N)O. The number of aliphatic hydroxyl groups excluding tert-OH is 1. The van der Waals surface area contributed by atoms with Crippen molar-refractivity contribution in [1.29, 1.82) is 0 Å². The molecule has 0 bridgehead atoms. The van der Waals surface area contributed by atoms with E-state index in [4.69, 9.17) is 10.8 Å². The first-order valence-electron chi connectivity index (χ1n) is 4.35. The summed E-state index contributed by atoms with van der Waals surface area (Å²) in [7, 11) is 0. The van der Waals surface area contributed by atoms with Crippen LogP contribution in [0.1, 0.15) is 13.8 Å². The first-order valence-corrected chi connectivity index (χ1v) is 4.35. The van der Waals surface area contributed by atoms with E-state index in [9.17, 15) is 0 Å². The van der Waals surface area contributed by atoms with Crippen molar-refractivity contribution >= 4 is 5.71 Å². The topological polar surface area (TPSA) is 61.8 Å². The molecule has 0 aromatic heterocycles. The van der Waals surface area contributed by atoms with E-state index in [1.165, 1.54) is 6.08 Å². The largest absolute Gasteiger partial charge is 0.375 e. The molecule has 0 aliphatic carbocycles. The molecule has 4 heteroatoms. The highest BCUT2D eigenvalue weighted by molar-refractivity contribution is 5.94. The van der Waals surface area contributed by atoms with Crippen LogP contribution in [0.25, 0.3) is 0 Å². The number of nitrogens with zero attached hydrogens (tertiary/aromatic N) is 2. The summed E-state index contributed by atoms with van der Waals surface area (Å²) >= 11 is 0. The zero-order chi connectivity index (χ0) is 10.7. The van der Waals surface area contributed by atoms with Crippen LogP contribution in [0, 0.1) is 0 Å². The van der Waals surface area contributed by atoms with Gasteiger partial charge in [0.25, 0.3) is 0 Å². The van der Waals surface area contributed by atoms with Crippen LogP contribution >= 0.6 is 0 Å². The van der Waals surface area contributed by atoms with Gasteiger partial charge in [-0.15, -0.1) is 0 Å². The maximum Gasteiger partial charge on any atom is 0.136 e. The zero-order valence-electron chi connectivity index (χ0n) is 8.44. The summed E-state index contributed by atoms with van der Waals surface area (Å²) in [6.07, 6.45) is 4.04. The number of hydrogen-bond acceptors (Lipinski definition) is 4. The molecule has 14 heavy (non-hydrogen) atoms. The molecule has 1 atom stereocenters. The van der Waals surface area contributed by atoms with Crippen LogP contribution in [0.4, 0.5) is 0 Å². The molecule has 0 aromatic rings. The normalized spacial score (nSPS) is 21.7. The van der Waals surface area contributed by atoms with Crippen LogP contribution in [0.3, 0.4) is 0 Å². The Bertz CT molecular complexity index is 326. The van der Waals surface area contributed by atoms with E-state index in [1.54, 1.807) is 11.1 Å². The van der Waals surface area contributed by atoms with Gasteiger partial charge in [-0.2, -0.15) is 0 Å². The van der Waals surface area contributed by atoms with Gasteiger partial charge in [0.15, 0.2) is 0 Å². The lowest BCUT2D eigenvalue weighted by atomic mass is 10.2. The summed E-state index contributed by atoms with van der Waals surface area (Å²) in [6, 6.07) is 0. The van der Waals surface area contributed by atoms with Gasteiger partial charge in [-0.25, -0.2) is 4.99 Å². The number of allylic oxidation sites excluding steroid dienone is 2. The highest BCUT2D eigenvalue weighted by Crippen LogP contribution is 2.19. The van der Waals surface area contributed by atoms with Gasteiger partial charge in [-0.3, -0.25) is 0 Å². The third kappa shape index (κ3) is 2.31. The molecule has 0 amide bonds. The van der Waals surface area contributed by atoms with Crippen LogP contribution in [0.5, 0.6) is 0 Å². The summed E-state index contributed by atoms with van der Waals surface area (Å²) in [5, 5.41) is 9.04. The monoisotopic (exact) mass is 193 g/mol. The predicted molar refractivity (Wildman–Crippen MR) is 57.2 cm³/mol. The average molecular weight is 193 g/mol. The lowest BCUT2D eigenvalue weighted by Gasteiger charge is -2.25. The Hall–Kier alpha value is -1.39. The average Bonchev–Trinajstić information content (AvgIpc) is 2.01. The second-order valence-electron chi connectivity index (χ2n) is 3.11. The Labute approximate surface area is 83.7 Å². The number of aliphatic hydroxyl groups is 1. The number of hydrogen-bond donors (Lipinski definition) is 2. The molecule has 1 aliphatic rings. The molecule has 0 aromatic carbocycles. The number of aliphatic imine (C=N–C) groups is 1. The van der Waals surface area contributed by atoms with E-state index in [1.807, 2.05) is 19.9 Å². The van der Waals surface area contributed by atoms with E-state index in [2.05, 4.69) is 11.6 Å². The fourth-order valence-corrected chi connectivity index (χ4v) is 1.33. The Balaban J connectivity index is 3.06. The number of rotatable bonds is 2. The smallest absolute Gasteiger partial charge is 0.136 e. The molecule has 1 aliphatic heterocycles. The van der Waals surface area contributed by atoms with Crippen LogP contribution in [-0.4, -0.2) is 21.9 Å². The van der Waals surface area contributed by atoms with Crippen LogP contribution in [0.2, 0.25) is 0 Å². The molecule has 0 spiro atoms. The minimum absolute atomic E-state index is 0.604. The summed E-state index contributed by atoms with van der Waals surface area (Å²) in [5.74, 6) is 0.604. The van der Waals surface area contributed by atoms with Crippen LogP contribution in [-0.2, 0) is 0 Å². The quantitative estimate of drug-likeness (QED) is 0.641. The van der Waals surface area contributed by atoms with Crippen molar-refractivity contribution in [2.75, 3.05) is 0 Å². The highest BCUT2D eigenvalue weighted by atomic mass is 16.3. The number of nitrogens with two attached hydrogens (primary N) is 1. The second-order valence-corrected chi connectivity index (χ2v) is 3.11. The van der Waals surface area contributed by atoms with Crippen molar-refractivity contribution in [3.05, 3.63) is 36.4 Å². The van der Waals surface area contributed by atoms with E-state index in [-0.39, 0.29) is 0 Å². The maximum absolute atomic E-state index is 9.04. The molecule has 0 radical (unpaired) electrons. The second kappa shape index (κ2) is 4.21. The lowest BCUT2D eigenvalue weighted by molar-refractivity contribution is 0.228. The summed E-state index contributed by atoms with van der Waals surface area (Å²) in [4.78, 5) is 6.01. The molecular weight excluding hydrogens is 178 g/mol. The lowest BCUT2D eigenvalue weighted by Crippen LogP contribution is -2.23. The van der Waals surface area contributed by atoms with Gasteiger partial charge in [-0.05, 0) is 19.9 Å². The third-order valence-electron chi connectivity index (χ3n) is 1.84. The van der Waals surface area contributed by atoms with E-state index in [0.717, 1.165) is 11.4 Å². The molecule has 0 fully saturated rings. The Morgan fingerprint density at radius 3 is 2.79 bits per heavy atom. The Morgan fingerprint density at radius 2 is 2.29 bits per heavy atom. The molecule has 4 nitrogen and oxygen atoms in total. The fourth-order valence-electron chi connectivity index (χ4n) is 1.33. The van der Waals surface area contributed by atoms with Crippen molar-refractivity contribution in [3.63, 3.8) is 0 Å². The van der Waals surface area contributed by atoms with Crippen molar-refractivity contribution in [2.24, 2.45) is 10.7 Å². The van der Waals surface area contributed by atoms with Crippen molar-refractivity contribution in [2.45, 2.75) is 20.1 Å². The molecule has 3 N–H and O–H groups in total. The molecule has 1 unspecified atom stereocenters.